The lowest BCUT2D eigenvalue weighted by molar-refractivity contribution is -0.145. The number of ether oxygens (including phenoxy) is 4. The average Bonchev–Trinajstić information content (AvgIpc) is 3.30. The van der Waals surface area contributed by atoms with Crippen molar-refractivity contribution in [3.63, 3.8) is 0 Å². The second-order valence-corrected chi connectivity index (χ2v) is 17.1. The van der Waals surface area contributed by atoms with Crippen LogP contribution in [0.5, 0.6) is 0 Å². The highest BCUT2D eigenvalue weighted by Crippen LogP contribution is 2.26. The first-order valence-electron chi connectivity index (χ1n) is 22.7. The Bertz CT molecular complexity index is 1660. The molecule has 2 aromatic carbocycles. The van der Waals surface area contributed by atoms with E-state index in [9.17, 15) is 19.2 Å². The van der Waals surface area contributed by atoms with Gasteiger partial charge < -0.3 is 28.7 Å². The summed E-state index contributed by atoms with van der Waals surface area (Å²) in [5.41, 5.74) is 2.62. The van der Waals surface area contributed by atoms with Gasteiger partial charge in [0.2, 0.25) is 0 Å². The molecule has 14 nitrogen and oxygen atoms in total. The predicted molar refractivity (Wildman–Crippen MR) is 250 cm³/mol. The number of anilines is 2. The fourth-order valence-electron chi connectivity index (χ4n) is 7.60. The number of benzene rings is 2. The molecule has 0 aliphatic carbocycles. The van der Waals surface area contributed by atoms with E-state index in [2.05, 4.69) is 19.6 Å². The second-order valence-electron chi connectivity index (χ2n) is 17.1. The van der Waals surface area contributed by atoms with Crippen molar-refractivity contribution in [2.45, 2.75) is 70.9 Å². The maximum Gasteiger partial charge on any atom is 0.307 e. The summed E-state index contributed by atoms with van der Waals surface area (Å²) in [4.78, 5) is 64.1. The van der Waals surface area contributed by atoms with Gasteiger partial charge in [0.1, 0.15) is 26.4 Å². The van der Waals surface area contributed by atoms with Crippen molar-refractivity contribution in [2.75, 3.05) is 130 Å². The minimum absolute atomic E-state index is 0.136. The molecule has 2 heterocycles. The van der Waals surface area contributed by atoms with Gasteiger partial charge in [-0.3, -0.25) is 38.8 Å². The number of allylic oxidation sites excluding steroid dienone is 2. The number of carbonyl (C=O) groups is 4. The monoisotopic (exact) mass is 875 g/mol. The molecule has 4 rings (SSSR count). The van der Waals surface area contributed by atoms with Crippen molar-refractivity contribution in [3.8, 4) is 0 Å². The van der Waals surface area contributed by atoms with E-state index in [-0.39, 0.29) is 49.9 Å². The van der Waals surface area contributed by atoms with Gasteiger partial charge in [-0.25, -0.2) is 0 Å². The highest BCUT2D eigenvalue weighted by atomic mass is 16.6. The lowest BCUT2D eigenvalue weighted by Gasteiger charge is -2.36. The topological polar surface area (TPSA) is 125 Å². The van der Waals surface area contributed by atoms with Crippen LogP contribution in [0.15, 0.2) is 73.2 Å². The predicted octanol–water partition coefficient (Wildman–Crippen LogP) is 5.77. The summed E-state index contributed by atoms with van der Waals surface area (Å²) in [5.74, 6) is -0.207. The van der Waals surface area contributed by atoms with E-state index in [4.69, 9.17) is 18.9 Å². The van der Waals surface area contributed by atoms with Gasteiger partial charge >= 0.3 is 11.9 Å². The Morgan fingerprint density at radius 3 is 1.22 bits per heavy atom. The fourth-order valence-corrected chi connectivity index (χ4v) is 7.60. The lowest BCUT2D eigenvalue weighted by atomic mass is 9.87. The van der Waals surface area contributed by atoms with E-state index in [1.54, 1.807) is 12.5 Å². The zero-order valence-electron chi connectivity index (χ0n) is 39.3. The molecule has 0 N–H and O–H groups in total. The van der Waals surface area contributed by atoms with Gasteiger partial charge in [-0.15, -0.1) is 0 Å². The maximum absolute atomic E-state index is 13.2. The van der Waals surface area contributed by atoms with Crippen LogP contribution in [-0.4, -0.2) is 174 Å². The minimum Gasteiger partial charge on any atom is -0.498 e. The Morgan fingerprint density at radius 1 is 0.556 bits per heavy atom. The van der Waals surface area contributed by atoms with Gasteiger partial charge in [0.05, 0.1) is 36.4 Å². The van der Waals surface area contributed by atoms with Crippen LogP contribution in [-0.2, 0) is 28.5 Å². The van der Waals surface area contributed by atoms with Crippen molar-refractivity contribution >= 4 is 34.9 Å². The first-order valence-corrected chi connectivity index (χ1v) is 22.7. The van der Waals surface area contributed by atoms with Crippen LogP contribution in [0.1, 0.15) is 80.5 Å². The van der Waals surface area contributed by atoms with Crippen LogP contribution in [0, 0.1) is 0 Å². The number of ketones is 2. The van der Waals surface area contributed by atoms with Gasteiger partial charge in [-0.05, 0) is 122 Å². The highest BCUT2D eigenvalue weighted by molar-refractivity contribution is 6.03. The summed E-state index contributed by atoms with van der Waals surface area (Å²) in [6.45, 7) is 17.1. The van der Waals surface area contributed by atoms with Gasteiger partial charge in [0.15, 0.2) is 11.6 Å². The van der Waals surface area contributed by atoms with E-state index in [1.165, 1.54) is 0 Å². The smallest absolute Gasteiger partial charge is 0.307 e. The van der Waals surface area contributed by atoms with Crippen LogP contribution >= 0.6 is 0 Å². The minimum atomic E-state index is -0.523. The summed E-state index contributed by atoms with van der Waals surface area (Å²) < 4.78 is 21.5. The van der Waals surface area contributed by atoms with E-state index in [0.717, 1.165) is 87.7 Å². The van der Waals surface area contributed by atoms with E-state index < -0.39 is 11.1 Å². The van der Waals surface area contributed by atoms with E-state index in [0.29, 0.717) is 32.4 Å². The fraction of sp³-hybridized carbons (Fsp3) is 0.592. The maximum atomic E-state index is 13.2. The number of rotatable bonds is 26. The Kier molecular flexibility index (Phi) is 20.6. The third-order valence-corrected chi connectivity index (χ3v) is 12.9. The molecule has 0 saturated carbocycles. The highest BCUT2D eigenvalue weighted by Gasteiger charge is 2.35. The molecule has 0 amide bonds. The Hall–Kier alpha value is -4.76. The van der Waals surface area contributed by atoms with Crippen molar-refractivity contribution < 1.29 is 38.1 Å². The van der Waals surface area contributed by atoms with Crippen LogP contribution in [0.25, 0.3) is 0 Å². The standard InChI is InChI=1S/C49H74N6O8/c1-9-48(3,50(5)6)46(58)40-14-18-42(19-15-40)54-30-26-52(27-31-54)24-22-44(56)62-38-36-60-34-12-11-13-35-61-37-39-63-45(57)23-25-53-28-32-55(33-29-53)43-20-16-41(17-21-43)47(59)49(4,10-2)51(7)8/h12-21,34-35H,9-11,22-33,36-39H2,1-8H3/b34-12+,35-13+. The van der Waals surface area contributed by atoms with Gasteiger partial charge in [0.25, 0.3) is 0 Å². The van der Waals surface area contributed by atoms with Crippen LogP contribution in [0.2, 0.25) is 0 Å². The molecule has 0 bridgehead atoms. The molecule has 2 unspecified atom stereocenters. The molecule has 2 atom stereocenters. The molecular weight excluding hydrogens is 801 g/mol. The van der Waals surface area contributed by atoms with Crippen molar-refractivity contribution in [1.29, 1.82) is 0 Å². The Balaban J connectivity index is 0.956. The molecule has 14 heteroatoms. The molecule has 0 spiro atoms. The zero-order valence-corrected chi connectivity index (χ0v) is 39.3. The molecule has 63 heavy (non-hydrogen) atoms. The number of Topliss-reactive ketones (excluding diaryl/α,β-unsaturated/α-hetero) is 2. The lowest BCUT2D eigenvalue weighted by Crippen LogP contribution is -2.48. The molecule has 348 valence electrons. The number of piperazine rings is 2. The van der Waals surface area contributed by atoms with Crippen molar-refractivity contribution in [2.24, 2.45) is 0 Å². The van der Waals surface area contributed by atoms with Crippen LogP contribution in [0.3, 0.4) is 0 Å². The summed E-state index contributed by atoms with van der Waals surface area (Å²) in [6, 6.07) is 15.9. The van der Waals surface area contributed by atoms with Crippen LogP contribution in [0.4, 0.5) is 11.4 Å². The SMILES string of the molecule is CCC(C)(C(=O)c1ccc(N2CCN(CCC(=O)OCCO/C=C/C/C=C/OCCOC(=O)CCN3CCN(c4ccc(C(=O)C(C)(CC)N(C)C)cc4)CC3)CC2)cc1)N(C)C. The average molecular weight is 875 g/mol. The van der Waals surface area contributed by atoms with Crippen molar-refractivity contribution in [3.05, 3.63) is 84.3 Å². The molecule has 2 saturated heterocycles. The number of esters is 2. The molecule has 2 aromatic rings. The zero-order chi connectivity index (χ0) is 45.8. The summed E-state index contributed by atoms with van der Waals surface area (Å²) in [6.07, 6.45) is 9.55. The summed E-state index contributed by atoms with van der Waals surface area (Å²) in [7, 11) is 7.79. The molecular formula is C49H74N6O8. The number of likely N-dealkylation sites (N-methyl/N-ethyl adjacent to an activating group) is 2. The van der Waals surface area contributed by atoms with Gasteiger partial charge in [-0.1, -0.05) is 13.8 Å². The molecule has 2 fully saturated rings. The summed E-state index contributed by atoms with van der Waals surface area (Å²) in [5, 5.41) is 0. The number of carbonyl (C=O) groups excluding carboxylic acids is 4. The molecule has 0 radical (unpaired) electrons. The normalized spacial score (nSPS) is 17.2. The van der Waals surface area contributed by atoms with E-state index >= 15 is 0 Å². The number of nitrogens with zero attached hydrogens (tertiary/aromatic N) is 6. The van der Waals surface area contributed by atoms with E-state index in [1.807, 2.05) is 126 Å². The third-order valence-electron chi connectivity index (χ3n) is 12.9. The largest absolute Gasteiger partial charge is 0.498 e. The third kappa shape index (κ3) is 15.2. The quantitative estimate of drug-likeness (QED) is 0.0492. The van der Waals surface area contributed by atoms with Crippen LogP contribution < -0.4 is 9.80 Å². The summed E-state index contributed by atoms with van der Waals surface area (Å²) >= 11 is 0. The van der Waals surface area contributed by atoms with Crippen molar-refractivity contribution in [1.82, 2.24) is 19.6 Å². The first kappa shape index (κ1) is 50.9. The second kappa shape index (κ2) is 25.5. The Morgan fingerprint density at radius 2 is 0.905 bits per heavy atom. The van der Waals surface area contributed by atoms with Gasteiger partial charge in [-0.2, -0.15) is 0 Å². The molecule has 2 aliphatic rings. The molecule has 0 aromatic heterocycles. The first-order chi connectivity index (χ1) is 30.2. The van der Waals surface area contributed by atoms with Gasteiger partial charge in [0, 0.05) is 87.9 Å². The Labute approximate surface area is 376 Å². The number of hydrogen-bond acceptors (Lipinski definition) is 14. The number of hydrogen-bond donors (Lipinski definition) is 0. The molecule has 2 aliphatic heterocycles.